The molecule has 6 nitrogen and oxygen atoms in total. The molecule has 158 valence electrons. The number of carbonyl (C=O) groups is 3. The van der Waals surface area contributed by atoms with Gasteiger partial charge in [-0.3, -0.25) is 9.59 Å². The highest BCUT2D eigenvalue weighted by Crippen LogP contribution is 2.21. The number of hydrogen-bond donors (Lipinski definition) is 1. The maximum atomic E-state index is 12.6. The van der Waals surface area contributed by atoms with Gasteiger partial charge in [-0.05, 0) is 61.0 Å². The van der Waals surface area contributed by atoms with Gasteiger partial charge in [0.05, 0.1) is 5.56 Å². The summed E-state index contributed by atoms with van der Waals surface area (Å²) >= 11 is 0. The van der Waals surface area contributed by atoms with Crippen molar-refractivity contribution in [3.05, 3.63) is 95.1 Å². The third-order valence-corrected chi connectivity index (χ3v) is 4.77. The van der Waals surface area contributed by atoms with Crippen molar-refractivity contribution in [1.82, 2.24) is 5.32 Å². The number of carbonyl (C=O) groups excluding carboxylic acids is 3. The van der Waals surface area contributed by atoms with Crippen LogP contribution in [0.15, 0.2) is 72.8 Å². The largest absolute Gasteiger partial charge is 0.423 e. The molecule has 6 heteroatoms. The number of nitrogens with zero attached hydrogens (tertiary/aromatic N) is 1. The molecule has 2 amide bonds. The lowest BCUT2D eigenvalue weighted by atomic mass is 10.1. The predicted octanol–water partition coefficient (Wildman–Crippen LogP) is 4.13. The Labute approximate surface area is 181 Å². The first-order valence-electron chi connectivity index (χ1n) is 9.84. The van der Waals surface area contributed by atoms with Gasteiger partial charge < -0.3 is 15.0 Å². The summed E-state index contributed by atoms with van der Waals surface area (Å²) in [5.74, 6) is -0.336. The van der Waals surface area contributed by atoms with Crippen LogP contribution in [0.1, 0.15) is 38.8 Å². The molecule has 0 saturated heterocycles. The van der Waals surface area contributed by atoms with Crippen LogP contribution in [0, 0.1) is 6.92 Å². The van der Waals surface area contributed by atoms with Gasteiger partial charge in [-0.25, -0.2) is 4.79 Å². The number of anilines is 1. The summed E-state index contributed by atoms with van der Waals surface area (Å²) in [4.78, 5) is 37.5. The molecule has 3 aromatic rings. The zero-order valence-corrected chi connectivity index (χ0v) is 17.7. The maximum absolute atomic E-state index is 12.6. The van der Waals surface area contributed by atoms with Crippen LogP contribution in [-0.4, -0.2) is 24.8 Å². The van der Waals surface area contributed by atoms with Gasteiger partial charge in [0.2, 0.25) is 5.91 Å². The van der Waals surface area contributed by atoms with Gasteiger partial charge >= 0.3 is 5.97 Å². The number of aryl methyl sites for hydroxylation is 1. The summed E-state index contributed by atoms with van der Waals surface area (Å²) in [6.45, 7) is 3.83. The van der Waals surface area contributed by atoms with E-state index in [0.717, 1.165) is 11.1 Å². The number of rotatable bonds is 6. The van der Waals surface area contributed by atoms with Crippen LogP contribution in [0.5, 0.6) is 5.75 Å². The lowest BCUT2D eigenvalue weighted by molar-refractivity contribution is -0.119. The van der Waals surface area contributed by atoms with E-state index in [4.69, 9.17) is 4.74 Å². The molecule has 0 aromatic heterocycles. The van der Waals surface area contributed by atoms with E-state index in [0.29, 0.717) is 29.1 Å². The lowest BCUT2D eigenvalue weighted by Crippen LogP contribution is -2.26. The molecule has 0 aliphatic carbocycles. The van der Waals surface area contributed by atoms with E-state index < -0.39 is 5.97 Å². The Balaban J connectivity index is 1.62. The first-order chi connectivity index (χ1) is 14.8. The second kappa shape index (κ2) is 9.71. The molecule has 0 fully saturated rings. The van der Waals surface area contributed by atoms with E-state index in [2.05, 4.69) is 5.32 Å². The Bertz CT molecular complexity index is 1070. The van der Waals surface area contributed by atoms with Crippen molar-refractivity contribution in [2.45, 2.75) is 20.4 Å². The Morgan fingerprint density at radius 3 is 2.00 bits per heavy atom. The molecule has 0 bridgehead atoms. The fraction of sp³-hybridized carbons (Fsp3) is 0.160. The zero-order valence-electron chi connectivity index (χ0n) is 17.7. The van der Waals surface area contributed by atoms with Gasteiger partial charge in [0.25, 0.3) is 5.91 Å². The van der Waals surface area contributed by atoms with Crippen LogP contribution in [0.25, 0.3) is 0 Å². The smallest absolute Gasteiger partial charge is 0.343 e. The molecule has 3 rings (SSSR count). The van der Waals surface area contributed by atoms with Crippen LogP contribution < -0.4 is 15.0 Å². The second-order valence-electron chi connectivity index (χ2n) is 7.22. The number of benzene rings is 3. The highest BCUT2D eigenvalue weighted by molar-refractivity contribution is 6.05. The highest BCUT2D eigenvalue weighted by atomic mass is 16.5. The average Bonchev–Trinajstić information content (AvgIpc) is 2.78. The Morgan fingerprint density at radius 2 is 1.42 bits per heavy atom. The minimum atomic E-state index is -0.483. The molecule has 0 radical (unpaired) electrons. The number of nitrogens with one attached hydrogen (secondary N) is 1. The van der Waals surface area contributed by atoms with Gasteiger partial charge in [0.1, 0.15) is 5.75 Å². The summed E-state index contributed by atoms with van der Waals surface area (Å²) in [6, 6.07) is 21.0. The topological polar surface area (TPSA) is 75.7 Å². The fourth-order valence-corrected chi connectivity index (χ4v) is 2.90. The third kappa shape index (κ3) is 5.79. The van der Waals surface area contributed by atoms with E-state index in [9.17, 15) is 14.4 Å². The van der Waals surface area contributed by atoms with Gasteiger partial charge in [0, 0.05) is 31.8 Å². The summed E-state index contributed by atoms with van der Waals surface area (Å²) < 4.78 is 5.42. The predicted molar refractivity (Wildman–Crippen MR) is 119 cm³/mol. The minimum Gasteiger partial charge on any atom is -0.423 e. The van der Waals surface area contributed by atoms with Gasteiger partial charge in [0.15, 0.2) is 0 Å². The number of ether oxygens (including phenoxy) is 1. The van der Waals surface area contributed by atoms with Crippen molar-refractivity contribution < 1.29 is 19.1 Å². The summed E-state index contributed by atoms with van der Waals surface area (Å²) in [6.07, 6.45) is 0. The average molecular weight is 416 g/mol. The first-order valence-corrected chi connectivity index (χ1v) is 9.84. The normalized spacial score (nSPS) is 10.3. The van der Waals surface area contributed by atoms with Gasteiger partial charge in [-0.15, -0.1) is 0 Å². The van der Waals surface area contributed by atoms with Crippen molar-refractivity contribution in [3.63, 3.8) is 0 Å². The Hall–Kier alpha value is -3.93. The van der Waals surface area contributed by atoms with E-state index in [-0.39, 0.29) is 11.8 Å². The zero-order chi connectivity index (χ0) is 22.4. The molecular formula is C25H24N2O4. The van der Waals surface area contributed by atoms with E-state index >= 15 is 0 Å². The van der Waals surface area contributed by atoms with Crippen LogP contribution in [0.2, 0.25) is 0 Å². The van der Waals surface area contributed by atoms with Crippen LogP contribution >= 0.6 is 0 Å². The number of amides is 2. The monoisotopic (exact) mass is 416 g/mol. The van der Waals surface area contributed by atoms with Gasteiger partial charge in [-0.2, -0.15) is 0 Å². The summed E-state index contributed by atoms with van der Waals surface area (Å²) in [5.41, 5.74) is 3.67. The van der Waals surface area contributed by atoms with Crippen molar-refractivity contribution >= 4 is 23.5 Å². The summed E-state index contributed by atoms with van der Waals surface area (Å²) in [7, 11) is 1.70. The minimum absolute atomic E-state index is 0.113. The molecule has 0 saturated carbocycles. The fourth-order valence-electron chi connectivity index (χ4n) is 2.90. The van der Waals surface area contributed by atoms with E-state index in [1.165, 1.54) is 6.92 Å². The van der Waals surface area contributed by atoms with Crippen molar-refractivity contribution in [2.75, 3.05) is 11.9 Å². The van der Waals surface area contributed by atoms with Crippen LogP contribution in [0.4, 0.5) is 5.69 Å². The second-order valence-corrected chi connectivity index (χ2v) is 7.22. The first kappa shape index (κ1) is 21.8. The van der Waals surface area contributed by atoms with Crippen LogP contribution in [-0.2, 0) is 11.3 Å². The summed E-state index contributed by atoms with van der Waals surface area (Å²) in [5, 5.41) is 2.70. The standard InChI is InChI=1S/C25H24N2O4/c1-17-4-8-20(9-5-17)24(29)27(3)22-12-14-23(15-13-22)31-25(30)21-10-6-19(7-11-21)16-26-18(2)28/h4-15H,16H2,1-3H3,(H,26,28). The Kier molecular flexibility index (Phi) is 6.82. The highest BCUT2D eigenvalue weighted by Gasteiger charge is 2.14. The molecule has 1 N–H and O–H groups in total. The number of hydrogen-bond acceptors (Lipinski definition) is 4. The molecule has 3 aromatic carbocycles. The van der Waals surface area contributed by atoms with E-state index in [1.54, 1.807) is 72.6 Å². The van der Waals surface area contributed by atoms with E-state index in [1.807, 2.05) is 19.1 Å². The molecule has 0 aliphatic heterocycles. The quantitative estimate of drug-likeness (QED) is 0.484. The Morgan fingerprint density at radius 1 is 0.839 bits per heavy atom. The van der Waals surface area contributed by atoms with Crippen molar-refractivity contribution in [2.24, 2.45) is 0 Å². The third-order valence-electron chi connectivity index (χ3n) is 4.77. The molecule has 0 spiro atoms. The van der Waals surface area contributed by atoms with Gasteiger partial charge in [-0.1, -0.05) is 29.8 Å². The molecule has 0 heterocycles. The maximum Gasteiger partial charge on any atom is 0.343 e. The molecule has 31 heavy (non-hydrogen) atoms. The molecule has 0 aliphatic rings. The molecule has 0 unspecified atom stereocenters. The lowest BCUT2D eigenvalue weighted by Gasteiger charge is -2.18. The molecular weight excluding hydrogens is 392 g/mol. The van der Waals surface area contributed by atoms with Crippen molar-refractivity contribution in [3.8, 4) is 5.75 Å². The van der Waals surface area contributed by atoms with Crippen LogP contribution in [0.3, 0.4) is 0 Å². The molecule has 0 atom stereocenters. The SMILES string of the molecule is CC(=O)NCc1ccc(C(=O)Oc2ccc(N(C)C(=O)c3ccc(C)cc3)cc2)cc1. The number of esters is 1. The van der Waals surface area contributed by atoms with Crippen molar-refractivity contribution in [1.29, 1.82) is 0 Å².